The second kappa shape index (κ2) is 7.26. The maximum absolute atomic E-state index is 10.2. The lowest BCUT2D eigenvalue weighted by Crippen LogP contribution is -2.56. The number of nitrogens with one attached hydrogen (secondary N) is 1. The Bertz CT molecular complexity index is 864. The summed E-state index contributed by atoms with van der Waals surface area (Å²) in [6.45, 7) is 5.74. The molecule has 1 aromatic carbocycles. The van der Waals surface area contributed by atoms with Gasteiger partial charge in [0.25, 0.3) is 0 Å². The van der Waals surface area contributed by atoms with E-state index >= 15 is 0 Å². The first-order valence-corrected chi connectivity index (χ1v) is 11.4. The van der Waals surface area contributed by atoms with E-state index in [2.05, 4.69) is 48.4 Å². The molecule has 4 heteroatoms. The van der Waals surface area contributed by atoms with Gasteiger partial charge in [-0.25, -0.2) is 4.98 Å². The third kappa shape index (κ3) is 3.82. The third-order valence-corrected chi connectivity index (χ3v) is 7.72. The summed E-state index contributed by atoms with van der Waals surface area (Å²) >= 11 is 0. The van der Waals surface area contributed by atoms with Crippen molar-refractivity contribution in [1.29, 1.82) is 0 Å². The normalized spacial score (nSPS) is 35.2. The largest absolute Gasteiger partial charge is 0.491 e. The minimum atomic E-state index is -0.588. The van der Waals surface area contributed by atoms with Crippen LogP contribution in [-0.2, 0) is 5.41 Å². The molecule has 0 amide bonds. The lowest BCUT2D eigenvalue weighted by Gasteiger charge is -2.65. The second-order valence-electron chi connectivity index (χ2n) is 11.0. The van der Waals surface area contributed by atoms with Gasteiger partial charge in [0, 0.05) is 12.7 Å². The van der Waals surface area contributed by atoms with Gasteiger partial charge in [0.2, 0.25) is 0 Å². The van der Waals surface area contributed by atoms with Gasteiger partial charge in [-0.1, -0.05) is 32.0 Å². The topological polar surface area (TPSA) is 54.4 Å². The molecule has 0 radical (unpaired) electrons. The summed E-state index contributed by atoms with van der Waals surface area (Å²) in [6, 6.07) is 14.4. The van der Waals surface area contributed by atoms with Crippen LogP contribution in [0.3, 0.4) is 0 Å². The third-order valence-electron chi connectivity index (χ3n) is 7.72. The fourth-order valence-corrected chi connectivity index (χ4v) is 7.62. The van der Waals surface area contributed by atoms with Gasteiger partial charge in [-0.05, 0) is 90.5 Å². The predicted octanol–water partition coefficient (Wildman–Crippen LogP) is 5.18. The lowest BCUT2D eigenvalue weighted by molar-refractivity contribution is -0.110. The summed E-state index contributed by atoms with van der Waals surface area (Å²) < 4.78 is 5.86. The molecule has 4 aliphatic rings. The van der Waals surface area contributed by atoms with E-state index in [1.54, 1.807) is 6.20 Å². The van der Waals surface area contributed by atoms with Gasteiger partial charge in [-0.3, -0.25) is 0 Å². The molecule has 0 aliphatic heterocycles. The molecule has 0 spiro atoms. The molecule has 160 valence electrons. The number of benzene rings is 1. The van der Waals surface area contributed by atoms with Gasteiger partial charge in [-0.2, -0.15) is 0 Å². The number of aromatic nitrogens is 1. The van der Waals surface area contributed by atoms with Gasteiger partial charge < -0.3 is 15.2 Å². The number of hydrogen-bond acceptors (Lipinski definition) is 4. The number of rotatable bonds is 7. The van der Waals surface area contributed by atoms with Crippen LogP contribution in [0.1, 0.15) is 57.9 Å². The first-order valence-electron chi connectivity index (χ1n) is 11.4. The van der Waals surface area contributed by atoms with Crippen LogP contribution in [-0.4, -0.2) is 29.3 Å². The minimum Gasteiger partial charge on any atom is -0.491 e. The molecule has 4 aliphatic carbocycles. The standard InChI is InChI=1S/C26H34N2O2/c1-24-11-19-12-25(2,16-24)18-26(13-19,17-24)20-6-8-22(9-7-20)30-15-21(29)14-28-23-5-3-4-10-27-23/h3-10,19,21,29H,11-18H2,1-2H3,(H,27,28)/t19?,21?,24-,25+,26?. The number of aliphatic hydroxyl groups excluding tert-OH is 1. The predicted molar refractivity (Wildman–Crippen MR) is 120 cm³/mol. The van der Waals surface area contributed by atoms with Crippen molar-refractivity contribution in [2.24, 2.45) is 16.7 Å². The first-order chi connectivity index (χ1) is 14.4. The number of aliphatic hydroxyl groups is 1. The lowest BCUT2D eigenvalue weighted by atomic mass is 9.39. The van der Waals surface area contributed by atoms with E-state index in [1.165, 1.54) is 44.1 Å². The molecule has 6 rings (SSSR count). The molecule has 3 unspecified atom stereocenters. The molecule has 4 fully saturated rings. The van der Waals surface area contributed by atoms with Gasteiger partial charge in [0.05, 0.1) is 0 Å². The zero-order valence-corrected chi connectivity index (χ0v) is 18.2. The smallest absolute Gasteiger partial charge is 0.125 e. The van der Waals surface area contributed by atoms with Crippen LogP contribution in [0, 0.1) is 16.7 Å². The van der Waals surface area contributed by atoms with Crippen molar-refractivity contribution < 1.29 is 9.84 Å². The maximum Gasteiger partial charge on any atom is 0.125 e. The summed E-state index contributed by atoms with van der Waals surface area (Å²) in [4.78, 5) is 4.20. The highest BCUT2D eigenvalue weighted by molar-refractivity contribution is 5.36. The number of anilines is 1. The molecule has 2 aromatic rings. The molecule has 4 bridgehead atoms. The Kier molecular flexibility index (Phi) is 4.81. The second-order valence-corrected chi connectivity index (χ2v) is 11.0. The maximum atomic E-state index is 10.2. The van der Waals surface area contributed by atoms with Crippen molar-refractivity contribution in [3.63, 3.8) is 0 Å². The average molecular weight is 407 g/mol. The van der Waals surface area contributed by atoms with E-state index in [0.717, 1.165) is 17.5 Å². The Labute approximate surface area is 180 Å². The van der Waals surface area contributed by atoms with E-state index in [4.69, 9.17) is 4.74 Å². The van der Waals surface area contributed by atoms with E-state index in [0.29, 0.717) is 22.8 Å². The Morgan fingerprint density at radius 1 is 1.03 bits per heavy atom. The van der Waals surface area contributed by atoms with Crippen molar-refractivity contribution in [3.05, 3.63) is 54.2 Å². The molecule has 30 heavy (non-hydrogen) atoms. The Morgan fingerprint density at radius 2 is 1.77 bits per heavy atom. The van der Waals surface area contributed by atoms with Crippen LogP contribution in [0.5, 0.6) is 5.75 Å². The van der Waals surface area contributed by atoms with Gasteiger partial charge in [0.15, 0.2) is 0 Å². The fraction of sp³-hybridized carbons (Fsp3) is 0.577. The minimum absolute atomic E-state index is 0.266. The highest BCUT2D eigenvalue weighted by Crippen LogP contribution is 2.69. The van der Waals surface area contributed by atoms with Crippen molar-refractivity contribution in [2.75, 3.05) is 18.5 Å². The number of pyridine rings is 1. The van der Waals surface area contributed by atoms with Crippen LogP contribution >= 0.6 is 0 Å². The molecule has 4 nitrogen and oxygen atoms in total. The molecule has 1 heterocycles. The van der Waals surface area contributed by atoms with Crippen LogP contribution in [0.25, 0.3) is 0 Å². The van der Waals surface area contributed by atoms with Gasteiger partial charge >= 0.3 is 0 Å². The van der Waals surface area contributed by atoms with E-state index in [1.807, 2.05) is 18.2 Å². The van der Waals surface area contributed by atoms with Crippen molar-refractivity contribution in [1.82, 2.24) is 4.98 Å². The first kappa shape index (κ1) is 19.9. The van der Waals surface area contributed by atoms with Crippen LogP contribution < -0.4 is 10.1 Å². The zero-order chi connectivity index (χ0) is 20.8. The van der Waals surface area contributed by atoms with Crippen molar-refractivity contribution in [2.45, 2.75) is 63.9 Å². The quantitative estimate of drug-likeness (QED) is 0.665. The van der Waals surface area contributed by atoms with E-state index in [-0.39, 0.29) is 6.61 Å². The zero-order valence-electron chi connectivity index (χ0n) is 18.2. The Balaban J connectivity index is 1.20. The highest BCUT2D eigenvalue weighted by Gasteiger charge is 2.60. The molecule has 5 atom stereocenters. The molecule has 2 N–H and O–H groups in total. The average Bonchev–Trinajstić information content (AvgIpc) is 2.69. The van der Waals surface area contributed by atoms with Gasteiger partial charge in [-0.15, -0.1) is 0 Å². The Hall–Kier alpha value is -2.07. The van der Waals surface area contributed by atoms with E-state index in [9.17, 15) is 5.11 Å². The van der Waals surface area contributed by atoms with E-state index < -0.39 is 6.10 Å². The molecular weight excluding hydrogens is 372 g/mol. The summed E-state index contributed by atoms with van der Waals surface area (Å²) in [5.41, 5.74) is 2.89. The molecular formula is C26H34N2O2. The van der Waals surface area contributed by atoms with Crippen molar-refractivity contribution in [3.8, 4) is 5.75 Å². The highest BCUT2D eigenvalue weighted by atomic mass is 16.5. The summed E-state index contributed by atoms with van der Waals surface area (Å²) in [7, 11) is 0. The van der Waals surface area contributed by atoms with Crippen LogP contribution in [0.15, 0.2) is 48.7 Å². The molecule has 0 saturated heterocycles. The van der Waals surface area contributed by atoms with Crippen molar-refractivity contribution >= 4 is 5.82 Å². The summed E-state index contributed by atoms with van der Waals surface area (Å²) in [6.07, 6.45) is 9.44. The monoisotopic (exact) mass is 406 g/mol. The number of hydrogen-bond donors (Lipinski definition) is 2. The SMILES string of the molecule is C[C@]12CC3CC(c4ccc(OCC(O)CNc5ccccn5)cc4)(C1)C[C@@](C)(C3)C2. The fourth-order valence-electron chi connectivity index (χ4n) is 7.62. The van der Waals surface area contributed by atoms with Gasteiger partial charge in [0.1, 0.15) is 24.3 Å². The summed E-state index contributed by atoms with van der Waals surface area (Å²) in [5, 5.41) is 13.4. The van der Waals surface area contributed by atoms with Crippen LogP contribution in [0.2, 0.25) is 0 Å². The molecule has 4 saturated carbocycles. The number of nitrogens with zero attached hydrogens (tertiary/aromatic N) is 1. The molecule has 1 aromatic heterocycles. The Morgan fingerprint density at radius 3 is 2.40 bits per heavy atom. The van der Waals surface area contributed by atoms with Crippen LogP contribution in [0.4, 0.5) is 5.82 Å². The summed E-state index contributed by atoms with van der Waals surface area (Å²) in [5.74, 6) is 2.49. The number of ether oxygens (including phenoxy) is 1.